The van der Waals surface area contributed by atoms with Gasteiger partial charge in [0.05, 0.1) is 29.2 Å². The summed E-state index contributed by atoms with van der Waals surface area (Å²) in [5.41, 5.74) is 0.137. The van der Waals surface area contributed by atoms with E-state index >= 15 is 0 Å². The highest BCUT2D eigenvalue weighted by Gasteiger charge is 2.34. The molecule has 8 nitrogen and oxygen atoms in total. The molecule has 0 unspecified atom stereocenters. The lowest BCUT2D eigenvalue weighted by Gasteiger charge is -2.40. The van der Waals surface area contributed by atoms with Crippen LogP contribution in [0.1, 0.15) is 35.7 Å². The van der Waals surface area contributed by atoms with Crippen LogP contribution in [0.3, 0.4) is 0 Å². The molecule has 0 radical (unpaired) electrons. The molecule has 1 fully saturated rings. The molecule has 0 spiro atoms. The first kappa shape index (κ1) is 20.8. The van der Waals surface area contributed by atoms with Gasteiger partial charge in [-0.25, -0.2) is 9.97 Å². The highest BCUT2D eigenvalue weighted by molar-refractivity contribution is 5.98. The number of hydrogen-bond acceptors (Lipinski definition) is 6. The molecule has 1 amide bonds. The van der Waals surface area contributed by atoms with Crippen molar-refractivity contribution in [1.82, 2.24) is 29.9 Å². The van der Waals surface area contributed by atoms with E-state index in [1.54, 1.807) is 29.2 Å². The number of amides is 1. The number of piperidine rings is 1. The minimum Gasteiger partial charge on any atom is -0.349 e. The minimum absolute atomic E-state index is 0.0975. The molecule has 31 heavy (non-hydrogen) atoms. The molecule has 1 aromatic carbocycles. The maximum Gasteiger partial charge on any atom is 0.419 e. The van der Waals surface area contributed by atoms with Crippen LogP contribution in [-0.2, 0) is 6.18 Å². The lowest BCUT2D eigenvalue weighted by atomic mass is 9.96. The smallest absolute Gasteiger partial charge is 0.349 e. The fourth-order valence-corrected chi connectivity index (χ4v) is 3.66. The molecule has 162 valence electrons. The number of benzene rings is 1. The fraction of sp³-hybridized carbons (Fsp3) is 0.350. The van der Waals surface area contributed by atoms with Gasteiger partial charge in [0.1, 0.15) is 0 Å². The molecule has 2 aromatic heterocycles. The monoisotopic (exact) mass is 431 g/mol. The van der Waals surface area contributed by atoms with Crippen LogP contribution >= 0.6 is 0 Å². The Bertz CT molecular complexity index is 1040. The maximum absolute atomic E-state index is 13.4. The molecule has 1 aliphatic heterocycles. The summed E-state index contributed by atoms with van der Waals surface area (Å²) in [6, 6.07) is 6.65. The quantitative estimate of drug-likeness (QED) is 0.683. The average molecular weight is 431 g/mol. The summed E-state index contributed by atoms with van der Waals surface area (Å²) in [5, 5.41) is 11.3. The van der Waals surface area contributed by atoms with Gasteiger partial charge in [-0.05, 0) is 31.9 Å². The van der Waals surface area contributed by atoms with Gasteiger partial charge in [0.15, 0.2) is 0 Å². The van der Waals surface area contributed by atoms with Crippen molar-refractivity contribution in [3.05, 3.63) is 60.2 Å². The van der Waals surface area contributed by atoms with Crippen LogP contribution in [0, 0.1) is 0 Å². The van der Waals surface area contributed by atoms with Crippen molar-refractivity contribution < 1.29 is 18.0 Å². The van der Waals surface area contributed by atoms with E-state index in [2.05, 4.69) is 25.5 Å². The van der Waals surface area contributed by atoms with Gasteiger partial charge in [-0.1, -0.05) is 12.1 Å². The third-order valence-electron chi connectivity index (χ3n) is 5.31. The second-order valence-corrected chi connectivity index (χ2v) is 7.26. The molecule has 3 heterocycles. The molecule has 1 aliphatic rings. The highest BCUT2D eigenvalue weighted by atomic mass is 19.4. The van der Waals surface area contributed by atoms with Gasteiger partial charge in [0.25, 0.3) is 5.91 Å². The van der Waals surface area contributed by atoms with Gasteiger partial charge in [-0.3, -0.25) is 4.79 Å². The summed E-state index contributed by atoms with van der Waals surface area (Å²) in [6.07, 6.45) is 1.55. The standard InChI is InChI=1S/C20H20F3N7O/c1-13-16(28-19-24-11-14(12-25-19)20(21,22)23)6-4-10-29(13)18(31)15-5-2-3-7-17(15)30-26-8-9-27-30/h2-3,5,7-9,11-13,16H,4,6,10H2,1H3,(H,24,25,28)/t13-,16+/m1/s1. The Labute approximate surface area is 176 Å². The topological polar surface area (TPSA) is 88.8 Å². The van der Waals surface area contributed by atoms with Crippen molar-refractivity contribution in [3.8, 4) is 5.69 Å². The summed E-state index contributed by atoms with van der Waals surface area (Å²) in [4.78, 5) is 24.1. The lowest BCUT2D eigenvalue weighted by molar-refractivity contribution is -0.138. The Kier molecular flexibility index (Phi) is 5.57. The van der Waals surface area contributed by atoms with E-state index in [1.165, 1.54) is 17.2 Å². The molecular weight excluding hydrogens is 411 g/mol. The number of nitrogens with zero attached hydrogens (tertiary/aromatic N) is 6. The van der Waals surface area contributed by atoms with E-state index < -0.39 is 11.7 Å². The van der Waals surface area contributed by atoms with E-state index in [4.69, 9.17) is 0 Å². The highest BCUT2D eigenvalue weighted by Crippen LogP contribution is 2.29. The fourth-order valence-electron chi connectivity index (χ4n) is 3.66. The number of likely N-dealkylation sites (tertiary alicyclic amines) is 1. The Morgan fingerprint density at radius 3 is 2.48 bits per heavy atom. The molecule has 2 atom stereocenters. The second-order valence-electron chi connectivity index (χ2n) is 7.26. The average Bonchev–Trinajstić information content (AvgIpc) is 3.29. The van der Waals surface area contributed by atoms with Gasteiger partial charge in [-0.15, -0.1) is 0 Å². The number of rotatable bonds is 4. The van der Waals surface area contributed by atoms with E-state index in [0.717, 1.165) is 25.2 Å². The predicted molar refractivity (Wildman–Crippen MR) is 106 cm³/mol. The Hall–Kier alpha value is -3.50. The molecule has 0 bridgehead atoms. The third-order valence-corrected chi connectivity index (χ3v) is 5.31. The summed E-state index contributed by atoms with van der Waals surface area (Å²) >= 11 is 0. The molecule has 4 rings (SSSR count). The van der Waals surface area contributed by atoms with Crippen molar-refractivity contribution in [1.29, 1.82) is 0 Å². The SMILES string of the molecule is C[C@@H]1[C@@H](Nc2ncc(C(F)(F)F)cn2)CCCN1C(=O)c1ccccc1-n1nccn1. The van der Waals surface area contributed by atoms with Crippen molar-refractivity contribution in [2.75, 3.05) is 11.9 Å². The third kappa shape index (κ3) is 4.35. The molecule has 1 saturated heterocycles. The molecule has 3 aromatic rings. The van der Waals surface area contributed by atoms with Crippen molar-refractivity contribution >= 4 is 11.9 Å². The first-order valence-corrected chi connectivity index (χ1v) is 9.77. The molecule has 0 saturated carbocycles. The molecule has 11 heteroatoms. The summed E-state index contributed by atoms with van der Waals surface area (Å²) in [7, 11) is 0. The van der Waals surface area contributed by atoms with Crippen LogP contribution in [0.15, 0.2) is 49.1 Å². The zero-order valence-corrected chi connectivity index (χ0v) is 16.6. The van der Waals surface area contributed by atoms with Crippen molar-refractivity contribution in [3.63, 3.8) is 0 Å². The number of halogens is 3. The Balaban J connectivity index is 1.52. The maximum atomic E-state index is 13.4. The number of nitrogens with one attached hydrogen (secondary N) is 1. The van der Waals surface area contributed by atoms with Crippen LogP contribution in [-0.4, -0.2) is 54.4 Å². The first-order valence-electron chi connectivity index (χ1n) is 9.77. The van der Waals surface area contributed by atoms with Crippen LogP contribution in [0.2, 0.25) is 0 Å². The van der Waals surface area contributed by atoms with Crippen LogP contribution < -0.4 is 5.32 Å². The number of alkyl halides is 3. The van der Waals surface area contributed by atoms with E-state index in [0.29, 0.717) is 17.8 Å². The predicted octanol–water partition coefficient (Wildman–Crippen LogP) is 3.18. The molecule has 0 aliphatic carbocycles. The van der Waals surface area contributed by atoms with Gasteiger partial charge >= 0.3 is 6.18 Å². The van der Waals surface area contributed by atoms with E-state index in [9.17, 15) is 18.0 Å². The molecular formula is C20H20F3N7O. The summed E-state index contributed by atoms with van der Waals surface area (Å²) in [5.74, 6) is -0.0690. The van der Waals surface area contributed by atoms with Gasteiger partial charge in [-0.2, -0.15) is 28.2 Å². The van der Waals surface area contributed by atoms with Crippen molar-refractivity contribution in [2.45, 2.75) is 38.0 Å². The van der Waals surface area contributed by atoms with E-state index in [1.807, 2.05) is 6.92 Å². The number of para-hydroxylation sites is 1. The number of carbonyl (C=O) groups excluding carboxylic acids is 1. The summed E-state index contributed by atoms with van der Waals surface area (Å²) in [6.45, 7) is 2.46. The summed E-state index contributed by atoms with van der Waals surface area (Å²) < 4.78 is 38.2. The lowest BCUT2D eigenvalue weighted by Crippen LogP contribution is -2.52. The number of carbonyl (C=O) groups is 1. The zero-order chi connectivity index (χ0) is 22.0. The van der Waals surface area contributed by atoms with Crippen LogP contribution in [0.4, 0.5) is 19.1 Å². The number of aromatic nitrogens is 5. The normalized spacial score (nSPS) is 19.3. The van der Waals surface area contributed by atoms with Crippen molar-refractivity contribution in [2.24, 2.45) is 0 Å². The second kappa shape index (κ2) is 8.32. The minimum atomic E-state index is -4.49. The van der Waals surface area contributed by atoms with Crippen LogP contribution in [0.5, 0.6) is 0 Å². The largest absolute Gasteiger partial charge is 0.419 e. The molecule has 1 N–H and O–H groups in total. The number of hydrogen-bond donors (Lipinski definition) is 1. The van der Waals surface area contributed by atoms with Crippen LogP contribution in [0.25, 0.3) is 5.69 Å². The van der Waals surface area contributed by atoms with Gasteiger partial charge in [0, 0.05) is 31.0 Å². The Morgan fingerprint density at radius 2 is 1.81 bits per heavy atom. The zero-order valence-electron chi connectivity index (χ0n) is 16.6. The Morgan fingerprint density at radius 1 is 1.13 bits per heavy atom. The van der Waals surface area contributed by atoms with E-state index in [-0.39, 0.29) is 23.9 Å². The number of anilines is 1. The first-order chi connectivity index (χ1) is 14.8. The van der Waals surface area contributed by atoms with Gasteiger partial charge in [0.2, 0.25) is 5.95 Å². The van der Waals surface area contributed by atoms with Gasteiger partial charge < -0.3 is 10.2 Å².